The SMILES string of the molecule is COc1nn2cc(-c3nc4c(OCc5ccccc5-c5ccccc5)cccc4o3)nc2s1. The Labute approximate surface area is 192 Å². The lowest BCUT2D eigenvalue weighted by atomic mass is 10.0. The average Bonchev–Trinajstić information content (AvgIpc) is 3.56. The summed E-state index contributed by atoms with van der Waals surface area (Å²) in [7, 11) is 1.58. The number of ether oxygens (including phenoxy) is 2. The van der Waals surface area contributed by atoms with Gasteiger partial charge in [-0.2, -0.15) is 0 Å². The molecule has 3 aromatic carbocycles. The van der Waals surface area contributed by atoms with Crippen LogP contribution >= 0.6 is 11.3 Å². The van der Waals surface area contributed by atoms with E-state index < -0.39 is 0 Å². The molecule has 0 radical (unpaired) electrons. The lowest BCUT2D eigenvalue weighted by molar-refractivity contribution is 0.310. The van der Waals surface area contributed by atoms with Crippen molar-refractivity contribution in [1.82, 2.24) is 19.6 Å². The summed E-state index contributed by atoms with van der Waals surface area (Å²) < 4.78 is 19.0. The molecule has 0 bridgehead atoms. The summed E-state index contributed by atoms with van der Waals surface area (Å²) in [5, 5.41) is 4.85. The molecule has 0 amide bonds. The summed E-state index contributed by atoms with van der Waals surface area (Å²) in [5.74, 6) is 1.08. The Kier molecular flexibility index (Phi) is 4.77. The highest BCUT2D eigenvalue weighted by atomic mass is 32.1. The molecule has 162 valence electrons. The van der Waals surface area contributed by atoms with Gasteiger partial charge in [-0.15, -0.1) is 5.10 Å². The van der Waals surface area contributed by atoms with Crippen LogP contribution in [0.4, 0.5) is 0 Å². The van der Waals surface area contributed by atoms with E-state index in [4.69, 9.17) is 13.9 Å². The fraction of sp³-hybridized carbons (Fsp3) is 0.0800. The molecule has 33 heavy (non-hydrogen) atoms. The first-order valence-corrected chi connectivity index (χ1v) is 11.2. The minimum absolute atomic E-state index is 0.413. The van der Waals surface area contributed by atoms with Gasteiger partial charge in [-0.1, -0.05) is 60.7 Å². The van der Waals surface area contributed by atoms with Crippen LogP contribution in [0.25, 0.3) is 38.8 Å². The van der Waals surface area contributed by atoms with Crippen molar-refractivity contribution >= 4 is 27.4 Å². The number of aromatic nitrogens is 4. The van der Waals surface area contributed by atoms with E-state index in [2.05, 4.69) is 39.3 Å². The molecule has 0 aliphatic heterocycles. The maximum atomic E-state index is 6.22. The molecule has 0 N–H and O–H groups in total. The largest absolute Gasteiger partial charge is 0.486 e. The fourth-order valence-electron chi connectivity index (χ4n) is 3.72. The maximum absolute atomic E-state index is 6.22. The molecule has 0 atom stereocenters. The number of hydrogen-bond donors (Lipinski definition) is 0. The Morgan fingerprint density at radius 2 is 1.79 bits per heavy atom. The number of rotatable bonds is 6. The second kappa shape index (κ2) is 8.07. The van der Waals surface area contributed by atoms with E-state index in [0.29, 0.717) is 45.2 Å². The van der Waals surface area contributed by atoms with Gasteiger partial charge in [0.2, 0.25) is 10.9 Å². The van der Waals surface area contributed by atoms with E-state index in [1.165, 1.54) is 11.3 Å². The fourth-order valence-corrected chi connectivity index (χ4v) is 4.42. The Bertz CT molecular complexity index is 1540. The first kappa shape index (κ1) is 19.5. The zero-order valence-electron chi connectivity index (χ0n) is 17.6. The monoisotopic (exact) mass is 454 g/mol. The number of imidazole rings is 1. The van der Waals surface area contributed by atoms with E-state index >= 15 is 0 Å². The smallest absolute Gasteiger partial charge is 0.294 e. The molecule has 0 saturated carbocycles. The minimum atomic E-state index is 0.413. The highest BCUT2D eigenvalue weighted by Crippen LogP contribution is 2.32. The van der Waals surface area contributed by atoms with E-state index in [0.717, 1.165) is 16.7 Å². The number of hydrogen-bond acceptors (Lipinski definition) is 7. The summed E-state index contributed by atoms with van der Waals surface area (Å²) in [6, 6.07) is 24.2. The van der Waals surface area contributed by atoms with Crippen molar-refractivity contribution in [3.05, 3.63) is 84.6 Å². The van der Waals surface area contributed by atoms with Crippen molar-refractivity contribution in [2.75, 3.05) is 7.11 Å². The molecular weight excluding hydrogens is 436 g/mol. The summed E-state index contributed by atoms with van der Waals surface area (Å²) in [6.45, 7) is 0.413. The van der Waals surface area contributed by atoms with E-state index in [1.807, 2.05) is 48.5 Å². The first-order valence-electron chi connectivity index (χ1n) is 10.3. The van der Waals surface area contributed by atoms with Gasteiger partial charge < -0.3 is 13.9 Å². The molecule has 3 aromatic heterocycles. The second-order valence-corrected chi connectivity index (χ2v) is 8.28. The highest BCUT2D eigenvalue weighted by molar-refractivity contribution is 7.18. The molecule has 0 spiro atoms. The molecule has 3 heterocycles. The molecular formula is C25H18N4O3S. The highest BCUT2D eigenvalue weighted by Gasteiger charge is 2.17. The van der Waals surface area contributed by atoms with Gasteiger partial charge >= 0.3 is 0 Å². The van der Waals surface area contributed by atoms with Crippen molar-refractivity contribution < 1.29 is 13.9 Å². The number of oxazole rings is 1. The van der Waals surface area contributed by atoms with Gasteiger partial charge in [0.25, 0.3) is 5.19 Å². The number of methoxy groups -OCH3 is 1. The molecule has 6 aromatic rings. The molecule has 6 rings (SSSR count). The van der Waals surface area contributed by atoms with Crippen LogP contribution in [-0.4, -0.2) is 26.7 Å². The number of para-hydroxylation sites is 1. The van der Waals surface area contributed by atoms with E-state index in [-0.39, 0.29) is 0 Å². The Morgan fingerprint density at radius 1 is 0.939 bits per heavy atom. The molecule has 0 saturated heterocycles. The zero-order chi connectivity index (χ0) is 22.2. The summed E-state index contributed by atoms with van der Waals surface area (Å²) in [4.78, 5) is 9.94. The van der Waals surface area contributed by atoms with Crippen LogP contribution in [0.1, 0.15) is 5.56 Å². The van der Waals surface area contributed by atoms with Crippen LogP contribution < -0.4 is 9.47 Å². The number of fused-ring (bicyclic) bond motifs is 2. The molecule has 7 nitrogen and oxygen atoms in total. The lowest BCUT2D eigenvalue weighted by Crippen LogP contribution is -1.98. The van der Waals surface area contributed by atoms with Gasteiger partial charge in [-0.3, -0.25) is 0 Å². The minimum Gasteiger partial charge on any atom is -0.486 e. The zero-order valence-corrected chi connectivity index (χ0v) is 18.5. The predicted molar refractivity (Wildman–Crippen MR) is 127 cm³/mol. The van der Waals surface area contributed by atoms with E-state index in [1.54, 1.807) is 17.8 Å². The van der Waals surface area contributed by atoms with Crippen LogP contribution in [0.3, 0.4) is 0 Å². The van der Waals surface area contributed by atoms with Gasteiger partial charge in [-0.25, -0.2) is 14.5 Å². The topological polar surface area (TPSA) is 74.7 Å². The Morgan fingerprint density at radius 3 is 2.64 bits per heavy atom. The third kappa shape index (κ3) is 3.60. The van der Waals surface area contributed by atoms with Crippen LogP contribution in [0.15, 0.2) is 83.4 Å². The van der Waals surface area contributed by atoms with Crippen molar-refractivity contribution in [1.29, 1.82) is 0 Å². The van der Waals surface area contributed by atoms with Crippen LogP contribution in [0.2, 0.25) is 0 Å². The van der Waals surface area contributed by atoms with E-state index in [9.17, 15) is 0 Å². The van der Waals surface area contributed by atoms with Gasteiger partial charge in [0.1, 0.15) is 18.1 Å². The summed E-state index contributed by atoms with van der Waals surface area (Å²) in [6.07, 6.45) is 1.77. The normalized spacial score (nSPS) is 11.3. The second-order valence-electron chi connectivity index (χ2n) is 7.36. The maximum Gasteiger partial charge on any atom is 0.294 e. The third-order valence-electron chi connectivity index (χ3n) is 5.29. The number of nitrogens with zero attached hydrogens (tertiary/aromatic N) is 4. The van der Waals surface area contributed by atoms with Crippen molar-refractivity contribution in [3.63, 3.8) is 0 Å². The molecule has 0 aliphatic rings. The Hall–Kier alpha value is -4.17. The first-order chi connectivity index (χ1) is 16.3. The molecule has 0 fully saturated rings. The standard InChI is InChI=1S/C25H18N4O3S/c1-30-25-28-29-14-19(26-24(29)33-25)23-27-22-20(12-7-13-21(22)32-23)31-15-17-10-5-6-11-18(17)16-8-3-2-4-9-16/h2-14H,15H2,1H3. The van der Waals surface area contributed by atoms with Gasteiger partial charge in [0.05, 0.1) is 13.3 Å². The Balaban J connectivity index is 1.31. The molecule has 0 aliphatic carbocycles. The van der Waals surface area contributed by atoms with Crippen LogP contribution in [0.5, 0.6) is 10.9 Å². The summed E-state index contributed by atoms with van der Waals surface area (Å²) in [5.41, 5.74) is 5.30. The molecule has 0 unspecified atom stereocenters. The van der Waals surface area contributed by atoms with Gasteiger partial charge in [0.15, 0.2) is 11.1 Å². The lowest BCUT2D eigenvalue weighted by Gasteiger charge is -2.11. The average molecular weight is 455 g/mol. The van der Waals surface area contributed by atoms with Crippen molar-refractivity contribution in [3.8, 4) is 33.7 Å². The summed E-state index contributed by atoms with van der Waals surface area (Å²) >= 11 is 1.35. The third-order valence-corrected chi connectivity index (χ3v) is 6.17. The van der Waals surface area contributed by atoms with Crippen molar-refractivity contribution in [2.45, 2.75) is 6.61 Å². The van der Waals surface area contributed by atoms with Gasteiger partial charge in [0, 0.05) is 0 Å². The number of benzene rings is 3. The van der Waals surface area contributed by atoms with Crippen LogP contribution in [0, 0.1) is 0 Å². The molecule has 8 heteroatoms. The van der Waals surface area contributed by atoms with Crippen LogP contribution in [-0.2, 0) is 6.61 Å². The van der Waals surface area contributed by atoms with Crippen molar-refractivity contribution in [2.24, 2.45) is 0 Å². The quantitative estimate of drug-likeness (QED) is 0.314. The van der Waals surface area contributed by atoms with Gasteiger partial charge in [-0.05, 0) is 40.2 Å². The predicted octanol–water partition coefficient (Wildman–Crippen LogP) is 5.85.